The van der Waals surface area contributed by atoms with E-state index in [1.165, 1.54) is 0 Å². The Bertz CT molecular complexity index is 532. The normalized spacial score (nSPS) is 11.8. The van der Waals surface area contributed by atoms with Gasteiger partial charge in [-0.15, -0.1) is 0 Å². The van der Waals surface area contributed by atoms with E-state index in [2.05, 4.69) is 43.2 Å². The maximum absolute atomic E-state index is 12.6. The van der Waals surface area contributed by atoms with Gasteiger partial charge in [-0.25, -0.2) is 0 Å². The van der Waals surface area contributed by atoms with Crippen LogP contribution < -0.4 is 5.32 Å². The summed E-state index contributed by atoms with van der Waals surface area (Å²) in [5.41, 5.74) is -0.205. The summed E-state index contributed by atoms with van der Waals surface area (Å²) < 4.78 is 43.1. The van der Waals surface area contributed by atoms with Crippen LogP contribution in [0.3, 0.4) is 0 Å². The molecule has 0 saturated heterocycles. The van der Waals surface area contributed by atoms with E-state index < -0.39 is 0 Å². The van der Waals surface area contributed by atoms with Crippen LogP contribution in [0.4, 0.5) is 0 Å². The maximum atomic E-state index is 12.6. The highest BCUT2D eigenvalue weighted by molar-refractivity contribution is 7.80. The second-order valence-electron chi connectivity index (χ2n) is 9.34. The number of thiol groups is 3. The molecule has 0 aromatic rings. The molecule has 0 saturated carbocycles. The Morgan fingerprint density at radius 1 is 0.512 bits per heavy atom. The van der Waals surface area contributed by atoms with Crippen molar-refractivity contribution in [3.63, 3.8) is 0 Å². The van der Waals surface area contributed by atoms with Crippen molar-refractivity contribution in [2.75, 3.05) is 123 Å². The Balaban J connectivity index is 3.58. The number of carbonyl (C=O) groups is 1. The van der Waals surface area contributed by atoms with Gasteiger partial charge in [0.2, 0.25) is 5.91 Å². The van der Waals surface area contributed by atoms with Crippen molar-refractivity contribution < 1.29 is 42.7 Å². The lowest BCUT2D eigenvalue weighted by Crippen LogP contribution is -2.49. The highest BCUT2D eigenvalue weighted by atomic mass is 32.1. The van der Waals surface area contributed by atoms with E-state index in [-0.39, 0.29) is 11.4 Å². The minimum absolute atomic E-state index is 0.0233. The Morgan fingerprint density at radius 2 is 0.805 bits per heavy atom. The van der Waals surface area contributed by atoms with Crippen LogP contribution in [0.2, 0.25) is 0 Å². The third-order valence-corrected chi connectivity index (χ3v) is 6.93. The molecule has 1 N–H and O–H groups in total. The fraction of sp³-hybridized carbons (Fsp3) is 0.964. The minimum Gasteiger partial charge on any atom is -0.382 e. The number of nitrogens with one attached hydrogen (secondary N) is 1. The molecule has 0 aromatic heterocycles. The number of ether oxygens (including phenoxy) is 8. The van der Waals surface area contributed by atoms with Crippen LogP contribution >= 0.6 is 37.9 Å². The third-order valence-electron chi connectivity index (χ3n) is 5.98. The molecule has 0 aromatic carbocycles. The van der Waals surface area contributed by atoms with E-state index in [9.17, 15) is 4.79 Å². The van der Waals surface area contributed by atoms with E-state index in [1.807, 2.05) is 0 Å². The molecule has 0 unspecified atom stereocenters. The lowest BCUT2D eigenvalue weighted by Gasteiger charge is -2.35. The van der Waals surface area contributed by atoms with E-state index >= 15 is 0 Å². The largest absolute Gasteiger partial charge is 0.382 e. The predicted molar refractivity (Wildman–Crippen MR) is 172 cm³/mol. The minimum atomic E-state index is -0.205. The first-order valence-electron chi connectivity index (χ1n) is 14.8. The zero-order valence-electron chi connectivity index (χ0n) is 25.2. The van der Waals surface area contributed by atoms with Crippen LogP contribution in [0.1, 0.15) is 44.9 Å². The van der Waals surface area contributed by atoms with Crippen LogP contribution in [0.5, 0.6) is 0 Å². The van der Waals surface area contributed by atoms with Crippen LogP contribution in [-0.4, -0.2) is 135 Å². The number of amides is 1. The predicted octanol–water partition coefficient (Wildman–Crippen LogP) is 3.12. The van der Waals surface area contributed by atoms with E-state index in [4.69, 9.17) is 37.9 Å². The molecule has 0 bridgehead atoms. The van der Waals surface area contributed by atoms with Gasteiger partial charge in [-0.05, 0) is 55.8 Å². The van der Waals surface area contributed by atoms with Crippen LogP contribution in [0, 0.1) is 0 Å². The van der Waals surface area contributed by atoms with Crippen molar-refractivity contribution >= 4 is 43.8 Å². The lowest BCUT2D eigenvalue weighted by atomic mass is 9.84. The standard InChI is InChI=1S/C28H57NO9S3/c1-31-10-11-33-14-15-35-18-19-37-22-23-38-21-20-36-17-16-34-13-12-32-9-5-27(30)29-28(6-2-24-39,7-3-25-40)8-4-26-41/h39-41H,2-26H2,1H3,(H,29,30). The molecule has 0 aliphatic heterocycles. The van der Waals surface area contributed by atoms with Gasteiger partial charge < -0.3 is 43.2 Å². The summed E-state index contributed by atoms with van der Waals surface area (Å²) in [7, 11) is 1.64. The molecule has 0 fully saturated rings. The topological polar surface area (TPSA) is 103 Å². The molecule has 0 aliphatic rings. The van der Waals surface area contributed by atoms with Crippen LogP contribution in [0.25, 0.3) is 0 Å². The molecular weight excluding hydrogens is 591 g/mol. The first kappa shape index (κ1) is 41.2. The molecule has 41 heavy (non-hydrogen) atoms. The first-order valence-corrected chi connectivity index (χ1v) is 16.7. The zero-order valence-corrected chi connectivity index (χ0v) is 27.9. The monoisotopic (exact) mass is 647 g/mol. The number of rotatable bonds is 34. The maximum Gasteiger partial charge on any atom is 0.222 e. The molecule has 10 nitrogen and oxygen atoms in total. The van der Waals surface area contributed by atoms with Crippen LogP contribution in [0.15, 0.2) is 0 Å². The van der Waals surface area contributed by atoms with Crippen molar-refractivity contribution in [1.82, 2.24) is 5.32 Å². The number of hydrogen-bond donors (Lipinski definition) is 4. The Labute approximate surface area is 265 Å². The van der Waals surface area contributed by atoms with Gasteiger partial charge in [-0.1, -0.05) is 0 Å². The molecular formula is C28H57NO9S3. The summed E-state index contributed by atoms with van der Waals surface area (Å²) in [5, 5.41) is 3.30. The van der Waals surface area contributed by atoms with Gasteiger partial charge in [-0.3, -0.25) is 4.79 Å². The highest BCUT2D eigenvalue weighted by Crippen LogP contribution is 2.26. The molecule has 0 aliphatic carbocycles. The molecule has 0 spiro atoms. The quantitative estimate of drug-likeness (QED) is 0.0620. The third kappa shape index (κ3) is 28.7. The molecule has 0 heterocycles. The SMILES string of the molecule is COCCOCCOCCOCCOCCOCCOCCOCCC(=O)NC(CCCS)(CCCS)CCCS. The van der Waals surface area contributed by atoms with Gasteiger partial charge in [0.05, 0.1) is 99.1 Å². The van der Waals surface area contributed by atoms with Crippen LogP contribution in [-0.2, 0) is 42.7 Å². The van der Waals surface area contributed by atoms with Crippen molar-refractivity contribution in [3.05, 3.63) is 0 Å². The van der Waals surface area contributed by atoms with Gasteiger partial charge in [-0.2, -0.15) is 37.9 Å². The second kappa shape index (κ2) is 33.1. The van der Waals surface area contributed by atoms with E-state index in [0.29, 0.717) is 106 Å². The number of hydrogen-bond acceptors (Lipinski definition) is 12. The van der Waals surface area contributed by atoms with Gasteiger partial charge in [0.25, 0.3) is 0 Å². The molecule has 0 radical (unpaired) electrons. The number of methoxy groups -OCH3 is 1. The van der Waals surface area contributed by atoms with Crippen molar-refractivity contribution in [2.24, 2.45) is 0 Å². The Morgan fingerprint density at radius 3 is 1.10 bits per heavy atom. The molecule has 0 rings (SSSR count). The van der Waals surface area contributed by atoms with Crippen molar-refractivity contribution in [2.45, 2.75) is 50.5 Å². The first-order chi connectivity index (χ1) is 20.1. The highest BCUT2D eigenvalue weighted by Gasteiger charge is 2.30. The van der Waals surface area contributed by atoms with Crippen molar-refractivity contribution in [3.8, 4) is 0 Å². The van der Waals surface area contributed by atoms with E-state index in [0.717, 1.165) is 55.8 Å². The fourth-order valence-electron chi connectivity index (χ4n) is 3.90. The lowest BCUT2D eigenvalue weighted by molar-refractivity contribution is -0.124. The molecule has 0 atom stereocenters. The summed E-state index contributed by atoms with van der Waals surface area (Å²) in [6.45, 7) is 7.59. The average molecular weight is 648 g/mol. The molecule has 246 valence electrons. The second-order valence-corrected chi connectivity index (χ2v) is 10.7. The number of carbonyl (C=O) groups excluding carboxylic acids is 1. The average Bonchev–Trinajstić information content (AvgIpc) is 2.98. The zero-order chi connectivity index (χ0) is 30.1. The molecule has 13 heteroatoms. The van der Waals surface area contributed by atoms with Gasteiger partial charge in [0, 0.05) is 19.1 Å². The van der Waals surface area contributed by atoms with E-state index in [1.54, 1.807) is 7.11 Å². The molecule has 1 amide bonds. The summed E-state index contributed by atoms with van der Waals surface area (Å²) in [5.74, 6) is 2.45. The smallest absolute Gasteiger partial charge is 0.222 e. The van der Waals surface area contributed by atoms with Gasteiger partial charge in [0.15, 0.2) is 0 Å². The summed E-state index contributed by atoms with van der Waals surface area (Å²) in [6, 6.07) is 0. The van der Waals surface area contributed by atoms with Crippen molar-refractivity contribution in [1.29, 1.82) is 0 Å². The summed E-state index contributed by atoms with van der Waals surface area (Å²) in [6.07, 6.45) is 5.99. The fourth-order valence-corrected chi connectivity index (χ4v) is 4.38. The van der Waals surface area contributed by atoms with Gasteiger partial charge >= 0.3 is 0 Å². The summed E-state index contributed by atoms with van der Waals surface area (Å²) in [4.78, 5) is 12.6. The van der Waals surface area contributed by atoms with Gasteiger partial charge in [0.1, 0.15) is 0 Å². The summed E-state index contributed by atoms with van der Waals surface area (Å²) >= 11 is 13.1. The Kier molecular flexibility index (Phi) is 33.3. The Hall–Kier alpha value is 0.200.